The largest absolute Gasteiger partial charge is 0.484 e. The molecule has 2 N–H and O–H groups in total. The molecule has 6 heteroatoms. The monoisotopic (exact) mass is 445 g/mol. The van der Waals surface area contributed by atoms with E-state index in [9.17, 15) is 9.90 Å². The molecule has 0 aromatic heterocycles. The molecular weight excluding hydrogens is 430 g/mol. The van der Waals surface area contributed by atoms with E-state index >= 15 is 0 Å². The maximum Gasteiger partial charge on any atom is 0.262 e. The number of benzene rings is 3. The number of hydrogen-bond acceptors (Lipinski definition) is 3. The highest BCUT2D eigenvalue weighted by Gasteiger charge is 2.17. The molecule has 3 aromatic carbocycles. The summed E-state index contributed by atoms with van der Waals surface area (Å²) < 4.78 is 6.41. The van der Waals surface area contributed by atoms with E-state index in [1.807, 2.05) is 42.5 Å². The maximum absolute atomic E-state index is 12.3. The van der Waals surface area contributed by atoms with Crippen molar-refractivity contribution in [2.75, 3.05) is 11.9 Å². The van der Waals surface area contributed by atoms with Crippen molar-refractivity contribution >= 4 is 39.1 Å². The highest BCUT2D eigenvalue weighted by molar-refractivity contribution is 9.10. The lowest BCUT2D eigenvalue weighted by atomic mass is 10.00. The van der Waals surface area contributed by atoms with E-state index in [0.29, 0.717) is 27.6 Å². The summed E-state index contributed by atoms with van der Waals surface area (Å²) in [5.74, 6) is 0.260. The lowest BCUT2D eigenvalue weighted by molar-refractivity contribution is -0.118. The molecule has 1 atom stereocenters. The van der Waals surface area contributed by atoms with Gasteiger partial charge in [0.2, 0.25) is 0 Å². The van der Waals surface area contributed by atoms with Crippen LogP contribution in [-0.2, 0) is 4.79 Å². The first-order valence-corrected chi connectivity index (χ1v) is 9.41. The van der Waals surface area contributed by atoms with E-state index in [-0.39, 0.29) is 12.5 Å². The zero-order chi connectivity index (χ0) is 19.2. The van der Waals surface area contributed by atoms with Gasteiger partial charge in [-0.15, -0.1) is 0 Å². The predicted octanol–water partition coefficient (Wildman–Crippen LogP) is 5.20. The average Bonchev–Trinajstić information content (AvgIpc) is 2.69. The molecule has 0 saturated heterocycles. The Kier molecular flexibility index (Phi) is 6.50. The first kappa shape index (κ1) is 19.4. The Morgan fingerprint density at radius 3 is 2.48 bits per heavy atom. The topological polar surface area (TPSA) is 58.6 Å². The van der Waals surface area contributed by atoms with Crippen LogP contribution in [0.1, 0.15) is 17.2 Å². The van der Waals surface area contributed by atoms with Gasteiger partial charge in [-0.05, 0) is 48.0 Å². The van der Waals surface area contributed by atoms with E-state index in [0.717, 1.165) is 4.47 Å². The molecule has 0 saturated carbocycles. The van der Waals surface area contributed by atoms with Gasteiger partial charge in [0.05, 0.1) is 0 Å². The lowest BCUT2D eigenvalue weighted by Crippen LogP contribution is -2.21. The van der Waals surface area contributed by atoms with E-state index in [4.69, 9.17) is 16.3 Å². The van der Waals surface area contributed by atoms with Crippen LogP contribution in [0.25, 0.3) is 0 Å². The highest BCUT2D eigenvalue weighted by atomic mass is 79.9. The quantitative estimate of drug-likeness (QED) is 0.547. The molecule has 4 nitrogen and oxygen atoms in total. The molecule has 0 fully saturated rings. The van der Waals surface area contributed by atoms with Crippen molar-refractivity contribution in [2.45, 2.75) is 6.10 Å². The number of anilines is 1. The number of amides is 1. The van der Waals surface area contributed by atoms with Gasteiger partial charge in [0, 0.05) is 20.7 Å². The zero-order valence-corrected chi connectivity index (χ0v) is 16.6. The normalized spacial score (nSPS) is 11.7. The second-order valence-corrected chi connectivity index (χ2v) is 7.19. The number of carbonyl (C=O) groups excluding carboxylic acids is 1. The van der Waals surface area contributed by atoms with Crippen LogP contribution in [0.3, 0.4) is 0 Å². The Hall–Kier alpha value is -2.34. The van der Waals surface area contributed by atoms with Crippen LogP contribution in [0.15, 0.2) is 77.3 Å². The second kappa shape index (κ2) is 9.04. The SMILES string of the molecule is O=C(COc1ccc(Br)cc1)Nc1ccc(Cl)cc1[C@H](O)c1ccccc1. The van der Waals surface area contributed by atoms with Crippen LogP contribution in [0.4, 0.5) is 5.69 Å². The predicted molar refractivity (Wildman–Crippen MR) is 110 cm³/mol. The van der Waals surface area contributed by atoms with Crippen molar-refractivity contribution in [1.29, 1.82) is 0 Å². The van der Waals surface area contributed by atoms with E-state index in [2.05, 4.69) is 21.2 Å². The van der Waals surface area contributed by atoms with E-state index in [1.165, 1.54) is 0 Å². The summed E-state index contributed by atoms with van der Waals surface area (Å²) in [4.78, 5) is 12.3. The van der Waals surface area contributed by atoms with Gasteiger partial charge >= 0.3 is 0 Å². The molecule has 27 heavy (non-hydrogen) atoms. The molecule has 3 aromatic rings. The highest BCUT2D eigenvalue weighted by Crippen LogP contribution is 2.31. The summed E-state index contributed by atoms with van der Waals surface area (Å²) in [6.07, 6.45) is -0.910. The molecule has 0 aliphatic rings. The molecular formula is C21H17BrClNO3. The number of aliphatic hydroxyl groups is 1. The smallest absolute Gasteiger partial charge is 0.262 e. The van der Waals surface area contributed by atoms with Crippen LogP contribution < -0.4 is 10.1 Å². The number of ether oxygens (including phenoxy) is 1. The zero-order valence-electron chi connectivity index (χ0n) is 14.2. The number of carbonyl (C=O) groups is 1. The van der Waals surface area contributed by atoms with Gasteiger partial charge in [0.1, 0.15) is 11.9 Å². The Morgan fingerprint density at radius 1 is 1.07 bits per heavy atom. The molecule has 1 amide bonds. The van der Waals surface area contributed by atoms with Crippen molar-refractivity contribution in [3.8, 4) is 5.75 Å². The number of rotatable bonds is 6. The van der Waals surface area contributed by atoms with Crippen molar-refractivity contribution in [3.05, 3.63) is 93.4 Å². The minimum atomic E-state index is -0.910. The van der Waals surface area contributed by atoms with Gasteiger partial charge in [-0.25, -0.2) is 0 Å². The lowest BCUT2D eigenvalue weighted by Gasteiger charge is -2.17. The standard InChI is InChI=1S/C21H17BrClNO3/c22-15-6-9-17(10-7-15)27-13-20(25)24-19-11-8-16(23)12-18(19)21(26)14-4-2-1-3-5-14/h1-12,21,26H,13H2,(H,24,25)/t21-/m1/s1. The van der Waals surface area contributed by atoms with Gasteiger partial charge in [-0.1, -0.05) is 57.9 Å². The Bertz CT molecular complexity index is 916. The van der Waals surface area contributed by atoms with Crippen LogP contribution in [0.2, 0.25) is 5.02 Å². The average molecular weight is 447 g/mol. The molecule has 0 unspecified atom stereocenters. The third kappa shape index (κ3) is 5.32. The summed E-state index contributed by atoms with van der Waals surface area (Å²) in [6.45, 7) is -0.148. The second-order valence-electron chi connectivity index (χ2n) is 5.84. The molecule has 0 radical (unpaired) electrons. The summed E-state index contributed by atoms with van der Waals surface area (Å²) in [5, 5.41) is 14.0. The number of halogens is 2. The van der Waals surface area contributed by atoms with E-state index in [1.54, 1.807) is 30.3 Å². The summed E-state index contributed by atoms with van der Waals surface area (Å²) in [5.41, 5.74) is 1.72. The van der Waals surface area contributed by atoms with Crippen molar-refractivity contribution in [1.82, 2.24) is 0 Å². The molecule has 0 aliphatic heterocycles. The van der Waals surface area contributed by atoms with Crippen LogP contribution >= 0.6 is 27.5 Å². The van der Waals surface area contributed by atoms with E-state index < -0.39 is 6.10 Å². The van der Waals surface area contributed by atoms with Gasteiger partial charge in [-0.2, -0.15) is 0 Å². The third-order valence-corrected chi connectivity index (χ3v) is 4.64. The van der Waals surface area contributed by atoms with Crippen LogP contribution in [0, 0.1) is 0 Å². The Labute approximate surface area is 170 Å². The maximum atomic E-state index is 12.3. The fourth-order valence-corrected chi connectivity index (χ4v) is 3.00. The third-order valence-electron chi connectivity index (χ3n) is 3.88. The van der Waals surface area contributed by atoms with Crippen molar-refractivity contribution < 1.29 is 14.6 Å². The fourth-order valence-electron chi connectivity index (χ4n) is 2.55. The van der Waals surface area contributed by atoms with Gasteiger partial charge < -0.3 is 15.2 Å². The molecule has 0 aliphatic carbocycles. The Balaban J connectivity index is 1.72. The summed E-state index contributed by atoms with van der Waals surface area (Å²) in [6, 6.07) is 21.4. The first-order chi connectivity index (χ1) is 13.0. The summed E-state index contributed by atoms with van der Waals surface area (Å²) >= 11 is 9.43. The Morgan fingerprint density at radius 2 is 1.78 bits per heavy atom. The number of aliphatic hydroxyl groups excluding tert-OH is 1. The number of hydrogen-bond donors (Lipinski definition) is 2. The fraction of sp³-hybridized carbons (Fsp3) is 0.0952. The molecule has 0 heterocycles. The first-order valence-electron chi connectivity index (χ1n) is 8.23. The molecule has 3 rings (SSSR count). The minimum absolute atomic E-state index is 0.148. The van der Waals surface area contributed by atoms with Gasteiger partial charge in [0.25, 0.3) is 5.91 Å². The van der Waals surface area contributed by atoms with Crippen LogP contribution in [0.5, 0.6) is 5.75 Å². The molecule has 138 valence electrons. The van der Waals surface area contributed by atoms with Crippen LogP contribution in [-0.4, -0.2) is 17.6 Å². The molecule has 0 spiro atoms. The van der Waals surface area contributed by atoms with Gasteiger partial charge in [-0.3, -0.25) is 4.79 Å². The van der Waals surface area contributed by atoms with Gasteiger partial charge in [0.15, 0.2) is 6.61 Å². The summed E-state index contributed by atoms with van der Waals surface area (Å²) in [7, 11) is 0. The minimum Gasteiger partial charge on any atom is -0.484 e. The number of nitrogens with one attached hydrogen (secondary N) is 1. The van der Waals surface area contributed by atoms with Crippen molar-refractivity contribution in [2.24, 2.45) is 0 Å². The molecule has 0 bridgehead atoms. The van der Waals surface area contributed by atoms with Crippen molar-refractivity contribution in [3.63, 3.8) is 0 Å².